The summed E-state index contributed by atoms with van der Waals surface area (Å²) in [6, 6.07) is 11.8. The smallest absolute Gasteiger partial charge is 0.239 e. The largest absolute Gasteiger partial charge is 0.382 e. The van der Waals surface area contributed by atoms with E-state index < -0.39 is 0 Å². The highest BCUT2D eigenvalue weighted by Gasteiger charge is 2.38. The fourth-order valence-corrected chi connectivity index (χ4v) is 4.56. The first-order valence-corrected chi connectivity index (χ1v) is 12.6. The van der Waals surface area contributed by atoms with Crippen LogP contribution in [0.3, 0.4) is 0 Å². The van der Waals surface area contributed by atoms with Gasteiger partial charge in [-0.3, -0.25) is 4.79 Å². The van der Waals surface area contributed by atoms with E-state index >= 15 is 0 Å². The quantitative estimate of drug-likeness (QED) is 0.308. The predicted molar refractivity (Wildman–Crippen MR) is 147 cm³/mol. The van der Waals surface area contributed by atoms with Crippen LogP contribution >= 0.6 is 0 Å². The molecule has 0 saturated heterocycles. The minimum absolute atomic E-state index is 0.0130. The Bertz CT molecular complexity index is 1030. The van der Waals surface area contributed by atoms with Gasteiger partial charge < -0.3 is 26.7 Å². The number of nitrogens with zero attached hydrogens (tertiary/aromatic N) is 1. The molecular weight excluding hydrogens is 436 g/mol. The summed E-state index contributed by atoms with van der Waals surface area (Å²) in [7, 11) is 1.91. The van der Waals surface area contributed by atoms with Gasteiger partial charge in [-0.1, -0.05) is 52.8 Å². The Kier molecular flexibility index (Phi) is 8.41. The molecule has 7 heteroatoms. The van der Waals surface area contributed by atoms with Crippen molar-refractivity contribution in [1.29, 1.82) is 5.41 Å². The van der Waals surface area contributed by atoms with E-state index in [1.807, 2.05) is 31.3 Å². The van der Waals surface area contributed by atoms with Crippen LogP contribution in [0.4, 0.5) is 17.2 Å². The van der Waals surface area contributed by atoms with Gasteiger partial charge in [-0.2, -0.15) is 0 Å². The Balaban J connectivity index is 1.66. The Labute approximate surface area is 210 Å². The van der Waals surface area contributed by atoms with Crippen molar-refractivity contribution in [2.45, 2.75) is 65.8 Å². The molecule has 1 aliphatic carbocycles. The van der Waals surface area contributed by atoms with Gasteiger partial charge in [-0.05, 0) is 48.3 Å². The molecular formula is C28H42N6O. The van der Waals surface area contributed by atoms with E-state index in [4.69, 9.17) is 10.4 Å². The van der Waals surface area contributed by atoms with Gasteiger partial charge >= 0.3 is 0 Å². The molecule has 7 nitrogen and oxygen atoms in total. The zero-order valence-electron chi connectivity index (χ0n) is 22.1. The maximum Gasteiger partial charge on any atom is 0.239 e. The Morgan fingerprint density at radius 3 is 2.57 bits per heavy atom. The van der Waals surface area contributed by atoms with Crippen LogP contribution in [0.15, 0.2) is 36.4 Å². The predicted octanol–water partition coefficient (Wildman–Crippen LogP) is 5.47. The van der Waals surface area contributed by atoms with Crippen molar-refractivity contribution in [3.8, 4) is 0 Å². The van der Waals surface area contributed by atoms with Gasteiger partial charge in [-0.25, -0.2) is 4.98 Å². The summed E-state index contributed by atoms with van der Waals surface area (Å²) in [6.45, 7) is 12.1. The molecule has 1 fully saturated rings. The topological polar surface area (TPSA) is 102 Å². The molecule has 0 spiro atoms. The van der Waals surface area contributed by atoms with Gasteiger partial charge in [0.1, 0.15) is 5.82 Å². The van der Waals surface area contributed by atoms with Crippen molar-refractivity contribution < 1.29 is 4.79 Å². The number of nitrogens with one attached hydrogen (secondary N) is 5. The summed E-state index contributed by atoms with van der Waals surface area (Å²) in [4.78, 5) is 17.8. The van der Waals surface area contributed by atoms with Crippen LogP contribution in [0.2, 0.25) is 0 Å². The number of pyridine rings is 1. The normalized spacial score (nSPS) is 19.5. The van der Waals surface area contributed by atoms with Crippen molar-refractivity contribution in [3.63, 3.8) is 0 Å². The van der Waals surface area contributed by atoms with E-state index in [0.717, 1.165) is 54.3 Å². The third kappa shape index (κ3) is 7.20. The second-order valence-corrected chi connectivity index (χ2v) is 11.5. The molecule has 0 radical (unpaired) electrons. The Hall–Kier alpha value is -3.09. The fourth-order valence-electron chi connectivity index (χ4n) is 4.56. The van der Waals surface area contributed by atoms with E-state index in [0.29, 0.717) is 5.92 Å². The van der Waals surface area contributed by atoms with E-state index in [1.54, 1.807) is 0 Å². The molecule has 0 aliphatic heterocycles. The van der Waals surface area contributed by atoms with Crippen LogP contribution in [0.5, 0.6) is 0 Å². The maximum absolute atomic E-state index is 12.8. The van der Waals surface area contributed by atoms with Crippen LogP contribution in [0.1, 0.15) is 71.1 Å². The van der Waals surface area contributed by atoms with E-state index in [2.05, 4.69) is 68.0 Å². The molecule has 1 amide bonds. The molecule has 2 aromatic rings. The molecule has 5 N–H and O–H groups in total. The molecule has 1 aromatic heterocycles. The summed E-state index contributed by atoms with van der Waals surface area (Å²) in [6.07, 6.45) is 4.23. The van der Waals surface area contributed by atoms with Gasteiger partial charge in [0.15, 0.2) is 0 Å². The molecule has 1 saturated carbocycles. The number of carbonyl (C=O) groups is 1. The lowest BCUT2D eigenvalue weighted by Crippen LogP contribution is -2.49. The van der Waals surface area contributed by atoms with Gasteiger partial charge in [0.05, 0.1) is 12.2 Å². The highest BCUT2D eigenvalue weighted by Crippen LogP contribution is 2.43. The molecule has 1 aromatic carbocycles. The Morgan fingerprint density at radius 2 is 1.89 bits per heavy atom. The minimum Gasteiger partial charge on any atom is -0.382 e. The van der Waals surface area contributed by atoms with Crippen LogP contribution in [0, 0.1) is 16.2 Å². The molecule has 2 atom stereocenters. The summed E-state index contributed by atoms with van der Waals surface area (Å²) in [5.74, 6) is 1.13. The Morgan fingerprint density at radius 1 is 1.14 bits per heavy atom. The fraction of sp³-hybridized carbons (Fsp3) is 0.536. The second kappa shape index (κ2) is 11.1. The SMILES string of the molecule is CNc1nc(C2CCC(C)(C)C(NC(=O)CNc3ccccc3C=N)C2)ccc1NCC(C)(C)C. The lowest BCUT2D eigenvalue weighted by atomic mass is 9.68. The van der Waals surface area contributed by atoms with Gasteiger partial charge in [0.2, 0.25) is 5.91 Å². The highest BCUT2D eigenvalue weighted by atomic mass is 16.2. The minimum atomic E-state index is -0.0332. The van der Waals surface area contributed by atoms with Crippen LogP contribution < -0.4 is 21.3 Å². The maximum atomic E-state index is 12.8. The van der Waals surface area contributed by atoms with Crippen molar-refractivity contribution in [2.24, 2.45) is 10.8 Å². The summed E-state index contributed by atoms with van der Waals surface area (Å²) in [5, 5.41) is 20.8. The molecule has 0 bridgehead atoms. The first kappa shape index (κ1) is 26.5. The zero-order valence-corrected chi connectivity index (χ0v) is 22.1. The van der Waals surface area contributed by atoms with Crippen LogP contribution in [-0.2, 0) is 4.79 Å². The molecule has 1 heterocycles. The lowest BCUT2D eigenvalue weighted by Gasteiger charge is -2.42. The third-order valence-electron chi connectivity index (χ3n) is 6.87. The number of carbonyl (C=O) groups excluding carboxylic acids is 1. The number of hydrogen-bond donors (Lipinski definition) is 5. The monoisotopic (exact) mass is 478 g/mol. The molecule has 35 heavy (non-hydrogen) atoms. The van der Waals surface area contributed by atoms with E-state index in [9.17, 15) is 4.79 Å². The summed E-state index contributed by atoms with van der Waals surface area (Å²) >= 11 is 0. The summed E-state index contributed by atoms with van der Waals surface area (Å²) in [5.41, 5.74) is 3.85. The van der Waals surface area contributed by atoms with Crippen molar-refractivity contribution >= 4 is 29.3 Å². The van der Waals surface area contributed by atoms with Crippen LogP contribution in [0.25, 0.3) is 0 Å². The number of aromatic nitrogens is 1. The first-order valence-electron chi connectivity index (χ1n) is 12.6. The third-order valence-corrected chi connectivity index (χ3v) is 6.87. The number of hydrogen-bond acceptors (Lipinski definition) is 6. The number of amides is 1. The molecule has 1 aliphatic rings. The van der Waals surface area contributed by atoms with Gasteiger partial charge in [0, 0.05) is 48.7 Å². The average molecular weight is 479 g/mol. The number of anilines is 3. The zero-order chi connectivity index (χ0) is 25.6. The van der Waals surface area contributed by atoms with E-state index in [-0.39, 0.29) is 29.3 Å². The molecule has 2 unspecified atom stereocenters. The van der Waals surface area contributed by atoms with Crippen molar-refractivity contribution in [3.05, 3.63) is 47.7 Å². The molecule has 190 valence electrons. The number of rotatable bonds is 9. The number of para-hydroxylation sites is 1. The van der Waals surface area contributed by atoms with Crippen LogP contribution in [-0.4, -0.2) is 43.3 Å². The van der Waals surface area contributed by atoms with Crippen molar-refractivity contribution in [1.82, 2.24) is 10.3 Å². The first-order chi connectivity index (χ1) is 16.5. The van der Waals surface area contributed by atoms with E-state index in [1.165, 1.54) is 6.21 Å². The van der Waals surface area contributed by atoms with Gasteiger partial charge in [-0.15, -0.1) is 0 Å². The second-order valence-electron chi connectivity index (χ2n) is 11.5. The average Bonchev–Trinajstić information content (AvgIpc) is 2.82. The number of benzene rings is 1. The summed E-state index contributed by atoms with van der Waals surface area (Å²) < 4.78 is 0. The molecule has 3 rings (SSSR count). The highest BCUT2D eigenvalue weighted by molar-refractivity contribution is 5.88. The van der Waals surface area contributed by atoms with Crippen molar-refractivity contribution in [2.75, 3.05) is 36.1 Å². The lowest BCUT2D eigenvalue weighted by molar-refractivity contribution is -0.121. The van der Waals surface area contributed by atoms with Gasteiger partial charge in [0.25, 0.3) is 0 Å². The standard InChI is InChI=1S/C28H42N6O/c1-27(2,3)18-32-23-12-11-22(33-26(23)30-6)19-13-14-28(4,5)24(15-19)34-25(35)17-31-21-10-8-7-9-20(21)16-29/h7-12,16,19,24,29,31-32H,13-15,17-18H2,1-6H3,(H,30,33)(H,34,35).